The molecule has 6 nitrogen and oxygen atoms in total. The second kappa shape index (κ2) is 9.65. The van der Waals surface area contributed by atoms with Gasteiger partial charge in [-0.15, -0.1) is 0 Å². The number of carbonyl (C=O) groups excluding carboxylic acids is 2. The van der Waals surface area contributed by atoms with Crippen LogP contribution in [0, 0.1) is 0 Å². The number of amides is 3. The molecule has 1 aliphatic rings. The highest BCUT2D eigenvalue weighted by Crippen LogP contribution is 2.32. The number of hydrogen-bond donors (Lipinski definition) is 1. The van der Waals surface area contributed by atoms with Crippen molar-refractivity contribution < 1.29 is 9.59 Å². The van der Waals surface area contributed by atoms with Gasteiger partial charge < -0.3 is 15.1 Å². The third-order valence-electron chi connectivity index (χ3n) is 4.33. The summed E-state index contributed by atoms with van der Waals surface area (Å²) in [6, 6.07) is 3.09. The van der Waals surface area contributed by atoms with Crippen LogP contribution < -0.4 is 5.32 Å². The van der Waals surface area contributed by atoms with E-state index in [1.165, 1.54) is 12.1 Å². The molecule has 1 aromatic rings. The van der Waals surface area contributed by atoms with E-state index in [4.69, 9.17) is 34.8 Å². The number of nitrogens with zero attached hydrogens (tertiary/aromatic N) is 3. The molecule has 0 spiro atoms. The summed E-state index contributed by atoms with van der Waals surface area (Å²) >= 11 is 17.9. The number of rotatable bonds is 5. The predicted molar refractivity (Wildman–Crippen MR) is 106 cm³/mol. The highest BCUT2D eigenvalue weighted by molar-refractivity contribution is 6.44. The summed E-state index contributed by atoms with van der Waals surface area (Å²) in [6.45, 7) is 8.07. The zero-order chi connectivity index (χ0) is 19.3. The van der Waals surface area contributed by atoms with E-state index in [1.54, 1.807) is 4.90 Å². The first-order valence-corrected chi connectivity index (χ1v) is 9.69. The summed E-state index contributed by atoms with van der Waals surface area (Å²) in [6.07, 6.45) is 0. The van der Waals surface area contributed by atoms with Crippen molar-refractivity contribution in [2.45, 2.75) is 13.8 Å². The van der Waals surface area contributed by atoms with E-state index in [1.807, 2.05) is 23.6 Å². The van der Waals surface area contributed by atoms with Crippen LogP contribution in [0.25, 0.3) is 0 Å². The molecule has 144 valence electrons. The molecule has 1 aromatic carbocycles. The Kier molecular flexibility index (Phi) is 7.83. The smallest absolute Gasteiger partial charge is 0.320 e. The fourth-order valence-corrected chi connectivity index (χ4v) is 3.40. The van der Waals surface area contributed by atoms with Crippen LogP contribution in [0.5, 0.6) is 0 Å². The van der Waals surface area contributed by atoms with Gasteiger partial charge in [-0.3, -0.25) is 9.69 Å². The lowest BCUT2D eigenvalue weighted by molar-refractivity contribution is -0.117. The monoisotopic (exact) mass is 420 g/mol. The Balaban J connectivity index is 1.85. The van der Waals surface area contributed by atoms with E-state index in [0.717, 1.165) is 0 Å². The average molecular weight is 422 g/mol. The van der Waals surface area contributed by atoms with Gasteiger partial charge in [0.05, 0.1) is 27.3 Å². The number of urea groups is 1. The largest absolute Gasteiger partial charge is 0.325 e. The molecule has 0 aliphatic carbocycles. The lowest BCUT2D eigenvalue weighted by Crippen LogP contribution is -2.53. The Morgan fingerprint density at radius 1 is 1.00 bits per heavy atom. The molecule has 0 saturated carbocycles. The van der Waals surface area contributed by atoms with Gasteiger partial charge in [-0.25, -0.2) is 4.79 Å². The number of carbonyl (C=O) groups is 2. The number of hydrogen-bond acceptors (Lipinski definition) is 3. The van der Waals surface area contributed by atoms with E-state index in [-0.39, 0.29) is 18.5 Å². The second-order valence-electron chi connectivity index (χ2n) is 6.01. The Bertz CT molecular complexity index is 660. The van der Waals surface area contributed by atoms with Gasteiger partial charge in [-0.05, 0) is 26.0 Å². The molecule has 0 unspecified atom stereocenters. The lowest BCUT2D eigenvalue weighted by atomic mass is 10.3. The van der Waals surface area contributed by atoms with Crippen LogP contribution in [0.4, 0.5) is 10.5 Å². The van der Waals surface area contributed by atoms with Crippen LogP contribution in [0.3, 0.4) is 0 Å². The molecule has 1 aliphatic heterocycles. The summed E-state index contributed by atoms with van der Waals surface area (Å²) < 4.78 is 0. The number of halogens is 3. The minimum Gasteiger partial charge on any atom is -0.325 e. The molecule has 2 rings (SSSR count). The van der Waals surface area contributed by atoms with Gasteiger partial charge in [0.1, 0.15) is 0 Å². The summed E-state index contributed by atoms with van der Waals surface area (Å²) in [4.78, 5) is 30.3. The summed E-state index contributed by atoms with van der Waals surface area (Å²) in [5, 5.41) is 3.75. The Morgan fingerprint density at radius 3 is 2.15 bits per heavy atom. The van der Waals surface area contributed by atoms with Crippen molar-refractivity contribution in [3.63, 3.8) is 0 Å². The minimum absolute atomic E-state index is 0.0571. The minimum atomic E-state index is -0.186. The molecule has 9 heteroatoms. The van der Waals surface area contributed by atoms with E-state index in [2.05, 4.69) is 5.32 Å². The van der Waals surface area contributed by atoms with E-state index < -0.39 is 0 Å². The predicted octanol–water partition coefficient (Wildman–Crippen LogP) is 3.66. The van der Waals surface area contributed by atoms with Gasteiger partial charge in [0.15, 0.2) is 0 Å². The third kappa shape index (κ3) is 5.39. The zero-order valence-electron chi connectivity index (χ0n) is 14.9. The standard InChI is InChI=1S/C17H23Cl3N4O2/c1-3-23(4-2)17(26)24-7-5-22(6-8-24)11-16(25)21-15-10-13(19)12(18)9-14(15)20/h9-10H,3-8,11H2,1-2H3,(H,21,25). The molecular weight excluding hydrogens is 399 g/mol. The molecule has 0 atom stereocenters. The summed E-state index contributed by atoms with van der Waals surface area (Å²) in [5.74, 6) is -0.186. The topological polar surface area (TPSA) is 55.9 Å². The van der Waals surface area contributed by atoms with Crippen LogP contribution in [0.2, 0.25) is 15.1 Å². The molecule has 1 heterocycles. The third-order valence-corrected chi connectivity index (χ3v) is 5.36. The van der Waals surface area contributed by atoms with Crippen molar-refractivity contribution in [2.75, 3.05) is 51.1 Å². The van der Waals surface area contributed by atoms with Crippen LogP contribution >= 0.6 is 34.8 Å². The number of benzene rings is 1. The van der Waals surface area contributed by atoms with Crippen molar-refractivity contribution in [1.82, 2.24) is 14.7 Å². The van der Waals surface area contributed by atoms with Gasteiger partial charge in [0.25, 0.3) is 0 Å². The molecule has 0 radical (unpaired) electrons. The Hall–Kier alpha value is -1.21. The number of nitrogens with one attached hydrogen (secondary N) is 1. The molecule has 26 heavy (non-hydrogen) atoms. The first-order chi connectivity index (χ1) is 12.3. The molecule has 1 saturated heterocycles. The molecule has 0 aromatic heterocycles. The summed E-state index contributed by atoms with van der Waals surface area (Å²) in [5.41, 5.74) is 0.432. The summed E-state index contributed by atoms with van der Waals surface area (Å²) in [7, 11) is 0. The molecule has 1 fully saturated rings. The fourth-order valence-electron chi connectivity index (χ4n) is 2.80. The van der Waals surface area contributed by atoms with Crippen LogP contribution in [-0.4, -0.2) is 72.5 Å². The first kappa shape index (κ1) is 21.1. The van der Waals surface area contributed by atoms with Gasteiger partial charge >= 0.3 is 6.03 Å². The van der Waals surface area contributed by atoms with Crippen molar-refractivity contribution in [3.8, 4) is 0 Å². The van der Waals surface area contributed by atoms with Crippen LogP contribution in [-0.2, 0) is 4.79 Å². The SMILES string of the molecule is CCN(CC)C(=O)N1CCN(CC(=O)Nc2cc(Cl)c(Cl)cc2Cl)CC1. The van der Waals surface area contributed by atoms with Crippen molar-refractivity contribution >= 4 is 52.4 Å². The molecule has 1 N–H and O–H groups in total. The molecule has 3 amide bonds. The quantitative estimate of drug-likeness (QED) is 0.738. The Labute approximate surface area is 169 Å². The van der Waals surface area contributed by atoms with Crippen LogP contribution in [0.15, 0.2) is 12.1 Å². The Morgan fingerprint density at radius 2 is 1.58 bits per heavy atom. The van der Waals surface area contributed by atoms with Gasteiger partial charge in [0, 0.05) is 39.3 Å². The maximum absolute atomic E-state index is 12.3. The second-order valence-corrected chi connectivity index (χ2v) is 7.23. The highest BCUT2D eigenvalue weighted by atomic mass is 35.5. The van der Waals surface area contributed by atoms with Gasteiger partial charge in [0.2, 0.25) is 5.91 Å². The van der Waals surface area contributed by atoms with E-state index in [9.17, 15) is 9.59 Å². The van der Waals surface area contributed by atoms with Crippen LogP contribution in [0.1, 0.15) is 13.8 Å². The fraction of sp³-hybridized carbons (Fsp3) is 0.529. The molecular formula is C17H23Cl3N4O2. The maximum Gasteiger partial charge on any atom is 0.320 e. The highest BCUT2D eigenvalue weighted by Gasteiger charge is 2.25. The maximum atomic E-state index is 12.3. The average Bonchev–Trinajstić information content (AvgIpc) is 2.61. The van der Waals surface area contributed by atoms with Crippen molar-refractivity contribution in [3.05, 3.63) is 27.2 Å². The van der Waals surface area contributed by atoms with E-state index in [0.29, 0.717) is 60.0 Å². The normalized spacial score (nSPS) is 15.0. The van der Waals surface area contributed by atoms with Gasteiger partial charge in [-0.2, -0.15) is 0 Å². The zero-order valence-corrected chi connectivity index (χ0v) is 17.2. The number of anilines is 1. The number of piperazine rings is 1. The van der Waals surface area contributed by atoms with Crippen molar-refractivity contribution in [1.29, 1.82) is 0 Å². The van der Waals surface area contributed by atoms with E-state index >= 15 is 0 Å². The lowest BCUT2D eigenvalue weighted by Gasteiger charge is -2.36. The van der Waals surface area contributed by atoms with Gasteiger partial charge in [-0.1, -0.05) is 34.8 Å². The molecule has 0 bridgehead atoms. The first-order valence-electron chi connectivity index (χ1n) is 8.56. The van der Waals surface area contributed by atoms with Crippen molar-refractivity contribution in [2.24, 2.45) is 0 Å².